The predicted molar refractivity (Wildman–Crippen MR) is 68.4 cm³/mol. The second-order valence-corrected chi connectivity index (χ2v) is 6.33. The van der Waals surface area contributed by atoms with Crippen molar-refractivity contribution in [3.8, 4) is 0 Å². The standard InChI is InChI=1S/C13H24N4/c1-10-5-11(7-13(2,3)6-10)14-8-12-15-9-17(4)16-12/h9-11,14H,5-8H2,1-4H3. The van der Waals surface area contributed by atoms with Crippen molar-refractivity contribution in [3.63, 3.8) is 0 Å². The Morgan fingerprint density at radius 2 is 2.24 bits per heavy atom. The van der Waals surface area contributed by atoms with Crippen LogP contribution in [0.3, 0.4) is 0 Å². The van der Waals surface area contributed by atoms with Crippen LogP contribution < -0.4 is 5.32 Å². The molecule has 0 spiro atoms. The van der Waals surface area contributed by atoms with Crippen molar-refractivity contribution < 1.29 is 0 Å². The number of aromatic nitrogens is 3. The third-order valence-electron chi connectivity index (χ3n) is 3.58. The highest BCUT2D eigenvalue weighted by Crippen LogP contribution is 2.38. The first-order chi connectivity index (χ1) is 7.94. The van der Waals surface area contributed by atoms with Gasteiger partial charge in [0.05, 0.1) is 6.54 Å². The molecule has 1 saturated carbocycles. The molecule has 1 fully saturated rings. The quantitative estimate of drug-likeness (QED) is 0.874. The fourth-order valence-electron chi connectivity index (χ4n) is 3.20. The molecule has 1 aliphatic carbocycles. The van der Waals surface area contributed by atoms with Crippen LogP contribution >= 0.6 is 0 Å². The van der Waals surface area contributed by atoms with Crippen LogP contribution in [0, 0.1) is 11.3 Å². The van der Waals surface area contributed by atoms with Crippen molar-refractivity contribution in [3.05, 3.63) is 12.2 Å². The molecule has 1 aliphatic rings. The van der Waals surface area contributed by atoms with Crippen molar-refractivity contribution in [1.82, 2.24) is 20.1 Å². The van der Waals surface area contributed by atoms with Gasteiger partial charge < -0.3 is 5.32 Å². The Morgan fingerprint density at radius 1 is 1.47 bits per heavy atom. The van der Waals surface area contributed by atoms with Crippen LogP contribution in [0.4, 0.5) is 0 Å². The third-order valence-corrected chi connectivity index (χ3v) is 3.58. The smallest absolute Gasteiger partial charge is 0.164 e. The topological polar surface area (TPSA) is 42.7 Å². The first-order valence-corrected chi connectivity index (χ1v) is 6.52. The summed E-state index contributed by atoms with van der Waals surface area (Å²) in [7, 11) is 1.91. The van der Waals surface area contributed by atoms with Gasteiger partial charge in [-0.3, -0.25) is 4.68 Å². The van der Waals surface area contributed by atoms with Crippen molar-refractivity contribution in [2.24, 2.45) is 18.4 Å². The van der Waals surface area contributed by atoms with Gasteiger partial charge in [0.15, 0.2) is 5.82 Å². The van der Waals surface area contributed by atoms with E-state index in [-0.39, 0.29) is 0 Å². The molecule has 1 N–H and O–H groups in total. The summed E-state index contributed by atoms with van der Waals surface area (Å²) in [5, 5.41) is 7.89. The van der Waals surface area contributed by atoms with Crippen molar-refractivity contribution in [2.75, 3.05) is 0 Å². The summed E-state index contributed by atoms with van der Waals surface area (Å²) in [5.41, 5.74) is 0.465. The molecule has 0 amide bonds. The van der Waals surface area contributed by atoms with Gasteiger partial charge in [-0.1, -0.05) is 20.8 Å². The Kier molecular flexibility index (Phi) is 3.52. The number of aryl methyl sites for hydroxylation is 1. The Bertz CT molecular complexity index is 369. The van der Waals surface area contributed by atoms with Crippen LogP contribution in [0.2, 0.25) is 0 Å². The van der Waals surface area contributed by atoms with E-state index in [9.17, 15) is 0 Å². The maximum Gasteiger partial charge on any atom is 0.164 e. The molecular formula is C13H24N4. The third kappa shape index (κ3) is 3.53. The molecule has 96 valence electrons. The van der Waals surface area contributed by atoms with Crippen LogP contribution in [0.5, 0.6) is 0 Å². The van der Waals surface area contributed by atoms with Crippen LogP contribution in [-0.4, -0.2) is 20.8 Å². The van der Waals surface area contributed by atoms with Crippen molar-refractivity contribution in [1.29, 1.82) is 0 Å². The van der Waals surface area contributed by atoms with Gasteiger partial charge in [0, 0.05) is 13.1 Å². The maximum absolute atomic E-state index is 4.29. The molecule has 2 unspecified atom stereocenters. The molecule has 0 radical (unpaired) electrons. The number of nitrogens with zero attached hydrogens (tertiary/aromatic N) is 3. The Hall–Kier alpha value is -0.900. The summed E-state index contributed by atoms with van der Waals surface area (Å²) in [6.07, 6.45) is 5.62. The molecule has 2 atom stereocenters. The van der Waals surface area contributed by atoms with E-state index in [1.807, 2.05) is 7.05 Å². The van der Waals surface area contributed by atoms with Gasteiger partial charge in [-0.2, -0.15) is 5.10 Å². The van der Waals surface area contributed by atoms with E-state index in [0.717, 1.165) is 18.3 Å². The van der Waals surface area contributed by atoms with Crippen molar-refractivity contribution >= 4 is 0 Å². The van der Waals surface area contributed by atoms with Gasteiger partial charge in [-0.25, -0.2) is 4.98 Å². The first kappa shape index (κ1) is 12.6. The van der Waals surface area contributed by atoms with E-state index in [1.165, 1.54) is 19.3 Å². The van der Waals surface area contributed by atoms with E-state index in [4.69, 9.17) is 0 Å². The Balaban J connectivity index is 1.86. The van der Waals surface area contributed by atoms with Gasteiger partial charge in [0.25, 0.3) is 0 Å². The zero-order chi connectivity index (χ0) is 12.5. The summed E-state index contributed by atoms with van der Waals surface area (Å²) in [6, 6.07) is 0.609. The lowest BCUT2D eigenvalue weighted by Gasteiger charge is -2.39. The highest BCUT2D eigenvalue weighted by molar-refractivity contribution is 4.88. The summed E-state index contributed by atoms with van der Waals surface area (Å²) < 4.78 is 1.75. The van der Waals surface area contributed by atoms with E-state index in [1.54, 1.807) is 11.0 Å². The lowest BCUT2D eigenvalue weighted by molar-refractivity contribution is 0.150. The van der Waals surface area contributed by atoms with Gasteiger partial charge in [0.1, 0.15) is 6.33 Å². The maximum atomic E-state index is 4.29. The second-order valence-electron chi connectivity index (χ2n) is 6.33. The molecule has 1 aromatic heterocycles. The fraction of sp³-hybridized carbons (Fsp3) is 0.846. The van der Waals surface area contributed by atoms with E-state index in [0.29, 0.717) is 11.5 Å². The molecule has 0 aromatic carbocycles. The average molecular weight is 236 g/mol. The SMILES string of the molecule is CC1CC(NCc2ncn(C)n2)CC(C)(C)C1. The van der Waals surface area contributed by atoms with Gasteiger partial charge in [-0.05, 0) is 30.6 Å². The molecule has 0 aliphatic heterocycles. The molecule has 4 heteroatoms. The fourth-order valence-corrected chi connectivity index (χ4v) is 3.20. The molecular weight excluding hydrogens is 212 g/mol. The zero-order valence-electron chi connectivity index (χ0n) is 11.4. The van der Waals surface area contributed by atoms with Crippen LogP contribution in [-0.2, 0) is 13.6 Å². The van der Waals surface area contributed by atoms with Gasteiger partial charge in [-0.15, -0.1) is 0 Å². The number of hydrogen-bond donors (Lipinski definition) is 1. The Morgan fingerprint density at radius 3 is 2.82 bits per heavy atom. The van der Waals surface area contributed by atoms with E-state index in [2.05, 4.69) is 36.2 Å². The predicted octanol–water partition coefficient (Wildman–Crippen LogP) is 2.12. The highest BCUT2D eigenvalue weighted by Gasteiger charge is 2.31. The minimum Gasteiger partial charge on any atom is -0.307 e. The van der Waals surface area contributed by atoms with E-state index >= 15 is 0 Å². The zero-order valence-corrected chi connectivity index (χ0v) is 11.4. The monoisotopic (exact) mass is 236 g/mol. The minimum absolute atomic E-state index is 0.465. The number of nitrogens with one attached hydrogen (secondary N) is 1. The van der Waals surface area contributed by atoms with Crippen molar-refractivity contribution in [2.45, 2.75) is 52.6 Å². The lowest BCUT2D eigenvalue weighted by Crippen LogP contribution is -2.40. The first-order valence-electron chi connectivity index (χ1n) is 6.52. The summed E-state index contributed by atoms with van der Waals surface area (Å²) in [5.74, 6) is 1.71. The molecule has 2 rings (SSSR count). The summed E-state index contributed by atoms with van der Waals surface area (Å²) in [4.78, 5) is 4.24. The largest absolute Gasteiger partial charge is 0.307 e. The molecule has 4 nitrogen and oxygen atoms in total. The minimum atomic E-state index is 0.465. The normalized spacial score (nSPS) is 28.2. The van der Waals surface area contributed by atoms with Gasteiger partial charge in [0.2, 0.25) is 0 Å². The summed E-state index contributed by atoms with van der Waals surface area (Å²) >= 11 is 0. The second kappa shape index (κ2) is 4.77. The number of hydrogen-bond acceptors (Lipinski definition) is 3. The molecule has 0 bridgehead atoms. The molecule has 17 heavy (non-hydrogen) atoms. The van der Waals surface area contributed by atoms with Crippen LogP contribution in [0.15, 0.2) is 6.33 Å². The van der Waals surface area contributed by atoms with E-state index < -0.39 is 0 Å². The van der Waals surface area contributed by atoms with Crippen LogP contribution in [0.1, 0.15) is 45.9 Å². The number of rotatable bonds is 3. The lowest BCUT2D eigenvalue weighted by atomic mass is 9.70. The molecule has 1 aromatic rings. The summed E-state index contributed by atoms with van der Waals surface area (Å²) in [6.45, 7) is 7.88. The highest BCUT2D eigenvalue weighted by atomic mass is 15.3. The van der Waals surface area contributed by atoms with Gasteiger partial charge >= 0.3 is 0 Å². The van der Waals surface area contributed by atoms with Crippen LogP contribution in [0.25, 0.3) is 0 Å². The molecule has 1 heterocycles. The average Bonchev–Trinajstić information content (AvgIpc) is 2.58. The molecule has 0 saturated heterocycles. The Labute approximate surface area is 104 Å².